The normalized spacial score (nSPS) is 20.0. The molecule has 2 aromatic carbocycles. The van der Waals surface area contributed by atoms with Crippen LogP contribution in [-0.4, -0.2) is 55.0 Å². The number of sulfonamides is 1. The van der Waals surface area contributed by atoms with E-state index < -0.39 is 34.9 Å². The van der Waals surface area contributed by atoms with E-state index in [4.69, 9.17) is 13.0 Å². The van der Waals surface area contributed by atoms with Crippen LogP contribution in [0.2, 0.25) is 0 Å². The molecular weight excluding hydrogens is 488 g/mol. The van der Waals surface area contributed by atoms with E-state index in [1.807, 2.05) is 6.92 Å². The third-order valence-electron chi connectivity index (χ3n) is 5.14. The monoisotopic (exact) mass is 530 g/mol. The molecule has 0 bridgehead atoms. The standard InChI is InChI=1S/C27H36N6O3S/c1-20-19-28-26(30-21-10-12-23(13-11-21)36-17-16-33-14-5-6-15-33)31-25(20)29-22-8-7-9-24(18-22)37(34,35)32-27(2,3)4/h7-13,18-19,32H,5-6,14-17H2,1-4H3,(H2,28,29,30,31)/i5D2,6D2,17D2. The summed E-state index contributed by atoms with van der Waals surface area (Å²) in [5.41, 5.74) is 1.23. The molecule has 4 rings (SSSR count). The number of ether oxygens (including phenoxy) is 1. The molecule has 198 valence electrons. The molecule has 9 nitrogen and oxygen atoms in total. The zero-order chi connectivity index (χ0) is 31.8. The third-order valence-corrected chi connectivity index (χ3v) is 6.89. The average molecular weight is 531 g/mol. The Balaban J connectivity index is 1.41. The topological polar surface area (TPSA) is 108 Å². The highest BCUT2D eigenvalue weighted by Crippen LogP contribution is 2.24. The number of rotatable bonds is 10. The summed E-state index contributed by atoms with van der Waals surface area (Å²) in [5, 5.41) is 6.23. The number of nitrogens with one attached hydrogen (secondary N) is 3. The lowest BCUT2D eigenvalue weighted by Gasteiger charge is -2.20. The molecular formula is C27H36N6O3S. The molecule has 3 aromatic rings. The van der Waals surface area contributed by atoms with Crippen LogP contribution in [0.5, 0.6) is 5.75 Å². The van der Waals surface area contributed by atoms with Crippen molar-refractivity contribution < 1.29 is 21.4 Å². The van der Waals surface area contributed by atoms with Gasteiger partial charge in [0.25, 0.3) is 0 Å². The summed E-state index contributed by atoms with van der Waals surface area (Å²) in [6.07, 6.45) is -2.52. The van der Waals surface area contributed by atoms with E-state index in [0.29, 0.717) is 17.2 Å². The number of hydrogen-bond donors (Lipinski definition) is 3. The number of aromatic nitrogens is 2. The van der Waals surface area contributed by atoms with Crippen molar-refractivity contribution >= 4 is 33.2 Å². The van der Waals surface area contributed by atoms with Gasteiger partial charge in [0.1, 0.15) is 18.1 Å². The quantitative estimate of drug-likeness (QED) is 0.342. The SMILES string of the molecule is [2H]C([2H])(CN1CC([2H])([2H])C([2H])([2H])C1)Oc1ccc(Nc2ncc(C)c(Nc3cccc(S(=O)(=O)NC(C)(C)C)c3)n2)cc1. The zero-order valence-electron chi connectivity index (χ0n) is 27.3. The molecule has 0 unspecified atom stereocenters. The highest BCUT2D eigenvalue weighted by atomic mass is 32.2. The summed E-state index contributed by atoms with van der Waals surface area (Å²) in [6.45, 7) is 4.21. The van der Waals surface area contributed by atoms with Crippen LogP contribution in [0.3, 0.4) is 0 Å². The molecule has 0 atom stereocenters. The molecule has 1 aliphatic rings. The molecule has 37 heavy (non-hydrogen) atoms. The van der Waals surface area contributed by atoms with Crippen LogP contribution in [0, 0.1) is 6.92 Å². The lowest BCUT2D eigenvalue weighted by molar-refractivity contribution is 0.238. The van der Waals surface area contributed by atoms with Gasteiger partial charge in [-0.1, -0.05) is 6.07 Å². The van der Waals surface area contributed by atoms with E-state index in [9.17, 15) is 8.42 Å². The second-order valence-corrected chi connectivity index (χ2v) is 11.3. The van der Waals surface area contributed by atoms with Crippen LogP contribution in [0.25, 0.3) is 0 Å². The Labute approximate surface area is 228 Å². The minimum atomic E-state index is -3.72. The molecule has 0 saturated carbocycles. The van der Waals surface area contributed by atoms with E-state index in [1.54, 1.807) is 63.4 Å². The van der Waals surface area contributed by atoms with Gasteiger partial charge in [0.15, 0.2) is 0 Å². The maximum Gasteiger partial charge on any atom is 0.241 e. The Morgan fingerprint density at radius 3 is 2.51 bits per heavy atom. The second kappa shape index (κ2) is 11.5. The summed E-state index contributed by atoms with van der Waals surface area (Å²) in [6, 6.07) is 12.9. The Hall–Kier alpha value is -3.21. The average Bonchev–Trinajstić information content (AvgIpc) is 3.05. The minimum absolute atomic E-state index is 0.117. The largest absolute Gasteiger partial charge is 0.492 e. The first-order chi connectivity index (χ1) is 19.7. The molecule has 3 N–H and O–H groups in total. The van der Waals surface area contributed by atoms with E-state index in [0.717, 1.165) is 5.56 Å². The predicted octanol–water partition coefficient (Wildman–Crippen LogP) is 4.82. The summed E-state index contributed by atoms with van der Waals surface area (Å²) < 4.78 is 81.5. The second-order valence-electron chi connectivity index (χ2n) is 9.63. The fraction of sp³-hybridized carbons (Fsp3) is 0.407. The van der Waals surface area contributed by atoms with Crippen molar-refractivity contribution in [1.82, 2.24) is 19.6 Å². The van der Waals surface area contributed by atoms with Crippen molar-refractivity contribution in [3.63, 3.8) is 0 Å². The number of benzene rings is 2. The molecule has 0 spiro atoms. The van der Waals surface area contributed by atoms with E-state index in [2.05, 4.69) is 25.3 Å². The number of anilines is 4. The molecule has 0 amide bonds. The highest BCUT2D eigenvalue weighted by Gasteiger charge is 2.22. The van der Waals surface area contributed by atoms with Gasteiger partial charge in [-0.05, 0) is 96.0 Å². The Morgan fingerprint density at radius 2 is 1.81 bits per heavy atom. The van der Waals surface area contributed by atoms with Crippen LogP contribution in [-0.2, 0) is 10.0 Å². The van der Waals surface area contributed by atoms with Gasteiger partial charge in [0.2, 0.25) is 16.0 Å². The Morgan fingerprint density at radius 1 is 1.08 bits per heavy atom. The van der Waals surface area contributed by atoms with E-state index in [-0.39, 0.29) is 36.2 Å². The maximum atomic E-state index is 12.8. The molecule has 1 aromatic heterocycles. The smallest absolute Gasteiger partial charge is 0.241 e. The van der Waals surface area contributed by atoms with Gasteiger partial charge >= 0.3 is 0 Å². The Kier molecular flexibility index (Phi) is 6.14. The van der Waals surface area contributed by atoms with Gasteiger partial charge < -0.3 is 15.4 Å². The predicted molar refractivity (Wildman–Crippen MR) is 147 cm³/mol. The number of aryl methyl sites for hydroxylation is 1. The van der Waals surface area contributed by atoms with Crippen molar-refractivity contribution in [2.24, 2.45) is 0 Å². The number of hydrogen-bond acceptors (Lipinski definition) is 8. The fourth-order valence-electron chi connectivity index (χ4n) is 3.41. The van der Waals surface area contributed by atoms with Crippen molar-refractivity contribution in [1.29, 1.82) is 0 Å². The first kappa shape index (κ1) is 19.8. The van der Waals surface area contributed by atoms with Gasteiger partial charge in [-0.15, -0.1) is 0 Å². The van der Waals surface area contributed by atoms with Gasteiger partial charge in [-0.3, -0.25) is 4.90 Å². The highest BCUT2D eigenvalue weighted by molar-refractivity contribution is 7.89. The van der Waals surface area contributed by atoms with Crippen molar-refractivity contribution in [2.75, 3.05) is 36.8 Å². The van der Waals surface area contributed by atoms with Crippen LogP contribution in [0.1, 0.15) is 47.3 Å². The van der Waals surface area contributed by atoms with Gasteiger partial charge in [0, 0.05) is 40.7 Å². The number of nitrogens with zero attached hydrogens (tertiary/aromatic N) is 3. The van der Waals surface area contributed by atoms with E-state index >= 15 is 0 Å². The molecule has 10 heteroatoms. The van der Waals surface area contributed by atoms with E-state index in [1.165, 1.54) is 17.0 Å². The van der Waals surface area contributed by atoms with Crippen LogP contribution in [0.4, 0.5) is 23.1 Å². The fourth-order valence-corrected chi connectivity index (χ4v) is 4.88. The first-order valence-electron chi connectivity index (χ1n) is 14.8. The summed E-state index contributed by atoms with van der Waals surface area (Å²) in [7, 11) is -3.72. The summed E-state index contributed by atoms with van der Waals surface area (Å²) in [4.78, 5) is 10.3. The lowest BCUT2D eigenvalue weighted by Crippen LogP contribution is -2.40. The maximum absolute atomic E-state index is 12.8. The lowest BCUT2D eigenvalue weighted by atomic mass is 10.1. The van der Waals surface area contributed by atoms with Crippen LogP contribution in [0.15, 0.2) is 59.6 Å². The minimum Gasteiger partial charge on any atom is -0.492 e. The van der Waals surface area contributed by atoms with Crippen molar-refractivity contribution in [3.05, 3.63) is 60.3 Å². The van der Waals surface area contributed by atoms with Gasteiger partial charge in [0.05, 0.1) is 7.64 Å². The van der Waals surface area contributed by atoms with Crippen LogP contribution >= 0.6 is 0 Å². The molecule has 2 heterocycles. The van der Waals surface area contributed by atoms with Gasteiger partial charge in [-0.2, -0.15) is 4.98 Å². The third kappa shape index (κ3) is 7.88. The Bertz CT molecular complexity index is 1550. The molecule has 0 aliphatic carbocycles. The van der Waals surface area contributed by atoms with Crippen LogP contribution < -0.4 is 20.1 Å². The van der Waals surface area contributed by atoms with Crippen molar-refractivity contribution in [2.45, 2.75) is 50.9 Å². The molecule has 1 saturated heterocycles. The van der Waals surface area contributed by atoms with Crippen molar-refractivity contribution in [3.8, 4) is 5.75 Å². The summed E-state index contributed by atoms with van der Waals surface area (Å²) >= 11 is 0. The number of likely N-dealkylation sites (tertiary alicyclic amines) is 1. The molecule has 1 fully saturated rings. The molecule has 1 aliphatic heterocycles. The van der Waals surface area contributed by atoms with Gasteiger partial charge in [-0.25, -0.2) is 18.1 Å². The first-order valence-corrected chi connectivity index (χ1v) is 13.3. The summed E-state index contributed by atoms with van der Waals surface area (Å²) in [5.74, 6) is 0.983. The zero-order valence-corrected chi connectivity index (χ0v) is 22.1. The molecule has 0 radical (unpaired) electrons.